The van der Waals surface area contributed by atoms with Crippen LogP contribution in [-0.2, 0) is 6.54 Å². The second-order valence-corrected chi connectivity index (χ2v) is 3.02. The average molecular weight is 195 g/mol. The quantitative estimate of drug-likeness (QED) is 0.544. The van der Waals surface area contributed by atoms with E-state index in [0.29, 0.717) is 0 Å². The lowest BCUT2D eigenvalue weighted by molar-refractivity contribution is -0.422. The van der Waals surface area contributed by atoms with Crippen molar-refractivity contribution < 1.29 is 4.92 Å². The van der Waals surface area contributed by atoms with Crippen LogP contribution in [0.4, 0.5) is 0 Å². The minimum atomic E-state index is -0.400. The fraction of sp³-hybridized carbons (Fsp3) is 0.444. The highest BCUT2D eigenvalue weighted by molar-refractivity contribution is 5.45. The Hall–Kier alpha value is -1.65. The van der Waals surface area contributed by atoms with Crippen LogP contribution < -0.4 is 0 Å². The summed E-state index contributed by atoms with van der Waals surface area (Å²) in [5.41, 5.74) is 0.906. The van der Waals surface area contributed by atoms with Gasteiger partial charge in [-0.15, -0.1) is 0 Å². The zero-order valence-corrected chi connectivity index (χ0v) is 8.30. The summed E-state index contributed by atoms with van der Waals surface area (Å²) >= 11 is 0. The predicted molar refractivity (Wildman–Crippen MR) is 53.2 cm³/mol. The van der Waals surface area contributed by atoms with Gasteiger partial charge >= 0.3 is 0 Å². The Kier molecular flexibility index (Phi) is 3.39. The molecule has 1 aromatic rings. The average Bonchev–Trinajstić information content (AvgIpc) is 2.53. The second kappa shape index (κ2) is 4.55. The van der Waals surface area contributed by atoms with E-state index in [0.717, 1.165) is 18.7 Å². The van der Waals surface area contributed by atoms with E-state index in [1.807, 2.05) is 6.92 Å². The standard InChI is InChI=1S/C9H13N3O2/c1-3-6-11-9(4-5-10-11)7-8(2)12(13)14/h4-5,7H,3,6H2,1-2H3/b8-7-. The molecule has 14 heavy (non-hydrogen) atoms. The zero-order chi connectivity index (χ0) is 10.6. The number of nitrogens with zero attached hydrogens (tertiary/aromatic N) is 3. The van der Waals surface area contributed by atoms with Gasteiger partial charge in [0.1, 0.15) is 0 Å². The zero-order valence-electron chi connectivity index (χ0n) is 8.30. The Labute approximate surface area is 82.2 Å². The number of allylic oxidation sites excluding steroid dienone is 1. The highest BCUT2D eigenvalue weighted by Crippen LogP contribution is 2.07. The number of aryl methyl sites for hydroxylation is 1. The first kappa shape index (κ1) is 10.4. The smallest absolute Gasteiger partial charge is 0.245 e. The maximum absolute atomic E-state index is 10.4. The van der Waals surface area contributed by atoms with E-state index in [1.165, 1.54) is 13.0 Å². The van der Waals surface area contributed by atoms with Gasteiger partial charge in [-0.2, -0.15) is 5.10 Å². The van der Waals surface area contributed by atoms with Crippen molar-refractivity contribution in [3.8, 4) is 0 Å². The van der Waals surface area contributed by atoms with E-state index < -0.39 is 4.92 Å². The maximum Gasteiger partial charge on any atom is 0.245 e. The van der Waals surface area contributed by atoms with Gasteiger partial charge in [-0.1, -0.05) is 6.92 Å². The Morgan fingerprint density at radius 2 is 2.50 bits per heavy atom. The van der Waals surface area contributed by atoms with Crippen molar-refractivity contribution in [2.75, 3.05) is 0 Å². The first-order valence-electron chi connectivity index (χ1n) is 4.49. The molecule has 5 heteroatoms. The molecule has 1 heterocycles. The maximum atomic E-state index is 10.4. The van der Waals surface area contributed by atoms with Crippen LogP contribution in [0.15, 0.2) is 18.0 Å². The van der Waals surface area contributed by atoms with Gasteiger partial charge in [0.05, 0.1) is 10.6 Å². The molecule has 0 radical (unpaired) electrons. The van der Waals surface area contributed by atoms with Crippen molar-refractivity contribution in [3.63, 3.8) is 0 Å². The molecule has 0 N–H and O–H groups in total. The molecule has 1 rings (SSSR count). The molecule has 1 aromatic heterocycles. The summed E-state index contributed by atoms with van der Waals surface area (Å²) in [5, 5.41) is 14.5. The molecule has 0 aliphatic heterocycles. The summed E-state index contributed by atoms with van der Waals surface area (Å²) in [6.45, 7) is 4.29. The lowest BCUT2D eigenvalue weighted by atomic mass is 10.3. The SMILES string of the molecule is CCCn1nccc1/C=C(/C)[N+](=O)[O-]. The van der Waals surface area contributed by atoms with Gasteiger partial charge in [0.15, 0.2) is 0 Å². The lowest BCUT2D eigenvalue weighted by Gasteiger charge is -2.00. The van der Waals surface area contributed by atoms with Gasteiger partial charge in [0.25, 0.3) is 0 Å². The third kappa shape index (κ3) is 2.42. The van der Waals surface area contributed by atoms with Crippen LogP contribution in [0, 0.1) is 10.1 Å². The van der Waals surface area contributed by atoms with E-state index in [4.69, 9.17) is 0 Å². The van der Waals surface area contributed by atoms with E-state index in [9.17, 15) is 10.1 Å². The molecule has 5 nitrogen and oxygen atoms in total. The van der Waals surface area contributed by atoms with E-state index >= 15 is 0 Å². The summed E-state index contributed by atoms with van der Waals surface area (Å²) < 4.78 is 1.76. The van der Waals surface area contributed by atoms with Gasteiger partial charge < -0.3 is 0 Å². The van der Waals surface area contributed by atoms with Gasteiger partial charge in [0.2, 0.25) is 5.70 Å². The summed E-state index contributed by atoms with van der Waals surface area (Å²) in [7, 11) is 0. The summed E-state index contributed by atoms with van der Waals surface area (Å²) in [6, 6.07) is 1.77. The molecular formula is C9H13N3O2. The number of hydrogen-bond donors (Lipinski definition) is 0. The van der Waals surface area contributed by atoms with E-state index in [2.05, 4.69) is 5.10 Å². The molecule has 0 fully saturated rings. The van der Waals surface area contributed by atoms with Crippen molar-refractivity contribution >= 4 is 6.08 Å². The Morgan fingerprint density at radius 1 is 1.79 bits per heavy atom. The largest absolute Gasteiger partial charge is 0.265 e. The van der Waals surface area contributed by atoms with Crippen molar-refractivity contribution in [1.82, 2.24) is 9.78 Å². The second-order valence-electron chi connectivity index (χ2n) is 3.02. The van der Waals surface area contributed by atoms with Crippen molar-refractivity contribution in [2.45, 2.75) is 26.8 Å². The van der Waals surface area contributed by atoms with Crippen molar-refractivity contribution in [3.05, 3.63) is 33.8 Å². The number of hydrogen-bond acceptors (Lipinski definition) is 3. The molecule has 76 valence electrons. The van der Waals surface area contributed by atoms with E-state index in [-0.39, 0.29) is 5.70 Å². The van der Waals surface area contributed by atoms with Crippen molar-refractivity contribution in [1.29, 1.82) is 0 Å². The molecule has 0 aromatic carbocycles. The topological polar surface area (TPSA) is 61.0 Å². The first-order chi connectivity index (χ1) is 6.65. The molecule has 0 aliphatic rings. The molecule has 0 aliphatic carbocycles. The monoisotopic (exact) mass is 195 g/mol. The van der Waals surface area contributed by atoms with Crippen LogP contribution in [-0.4, -0.2) is 14.7 Å². The lowest BCUT2D eigenvalue weighted by Crippen LogP contribution is -2.02. The Balaban J connectivity index is 2.90. The van der Waals surface area contributed by atoms with Crippen molar-refractivity contribution in [2.24, 2.45) is 0 Å². The summed E-state index contributed by atoms with van der Waals surface area (Å²) in [6.07, 6.45) is 4.14. The van der Waals surface area contributed by atoms with Crippen LogP contribution in [0.25, 0.3) is 6.08 Å². The third-order valence-electron chi connectivity index (χ3n) is 1.83. The van der Waals surface area contributed by atoms with Gasteiger partial charge in [-0.3, -0.25) is 14.8 Å². The van der Waals surface area contributed by atoms with E-state index in [1.54, 1.807) is 16.9 Å². The minimum absolute atomic E-state index is 0.128. The molecule has 0 amide bonds. The molecule has 0 spiro atoms. The Bertz CT molecular complexity index is 355. The molecule has 0 saturated heterocycles. The highest BCUT2D eigenvalue weighted by Gasteiger charge is 2.05. The predicted octanol–water partition coefficient (Wildman–Crippen LogP) is 1.93. The van der Waals surface area contributed by atoms with Crippen LogP contribution in [0.3, 0.4) is 0 Å². The van der Waals surface area contributed by atoms with Gasteiger partial charge in [-0.25, -0.2) is 0 Å². The minimum Gasteiger partial charge on any atom is -0.265 e. The van der Waals surface area contributed by atoms with Crippen LogP contribution >= 0.6 is 0 Å². The van der Waals surface area contributed by atoms with Crippen LogP contribution in [0.5, 0.6) is 0 Å². The van der Waals surface area contributed by atoms with Crippen LogP contribution in [0.2, 0.25) is 0 Å². The van der Waals surface area contributed by atoms with Gasteiger partial charge in [0, 0.05) is 25.7 Å². The fourth-order valence-corrected chi connectivity index (χ4v) is 1.13. The molecule has 0 bridgehead atoms. The number of rotatable bonds is 4. The molecule has 0 saturated carbocycles. The molecule has 0 atom stereocenters. The fourth-order valence-electron chi connectivity index (χ4n) is 1.13. The molecular weight excluding hydrogens is 182 g/mol. The van der Waals surface area contributed by atoms with Crippen LogP contribution in [0.1, 0.15) is 26.0 Å². The number of aromatic nitrogens is 2. The number of nitro groups is 1. The first-order valence-corrected chi connectivity index (χ1v) is 4.49. The normalized spacial score (nSPS) is 11.7. The summed E-state index contributed by atoms with van der Waals surface area (Å²) in [4.78, 5) is 10.0. The molecule has 0 unspecified atom stereocenters. The third-order valence-corrected chi connectivity index (χ3v) is 1.83. The summed E-state index contributed by atoms with van der Waals surface area (Å²) in [5.74, 6) is 0. The Morgan fingerprint density at radius 3 is 3.07 bits per heavy atom. The highest BCUT2D eigenvalue weighted by atomic mass is 16.6. The van der Waals surface area contributed by atoms with Gasteiger partial charge in [-0.05, 0) is 12.5 Å².